The molecule has 0 aliphatic heterocycles. The summed E-state index contributed by atoms with van der Waals surface area (Å²) in [7, 11) is 0. The number of ketones is 2. The maximum Gasteiger partial charge on any atom is 0.490 e. The predicted molar refractivity (Wildman–Crippen MR) is 42.0 cm³/mol. The zero-order valence-electron chi connectivity index (χ0n) is 7.12. The molecule has 1 aliphatic rings. The van der Waals surface area contributed by atoms with Gasteiger partial charge in [-0.25, -0.2) is 4.79 Å². The maximum absolute atomic E-state index is 10.6. The van der Waals surface area contributed by atoms with Crippen molar-refractivity contribution in [3.8, 4) is 0 Å². The van der Waals surface area contributed by atoms with Crippen molar-refractivity contribution < 1.29 is 32.7 Å². The van der Waals surface area contributed by atoms with E-state index < -0.39 is 12.1 Å². The minimum atomic E-state index is -5.08. The highest BCUT2D eigenvalue weighted by Crippen LogP contribution is 2.13. The number of carboxylic acids is 1. The van der Waals surface area contributed by atoms with Crippen molar-refractivity contribution in [3.05, 3.63) is 24.3 Å². The van der Waals surface area contributed by atoms with Crippen molar-refractivity contribution in [2.75, 3.05) is 0 Å². The largest absolute Gasteiger partial charge is 0.490 e. The Kier molecular flexibility index (Phi) is 4.43. The molecular weight excluding hydrogens is 217 g/mol. The topological polar surface area (TPSA) is 71.4 Å². The molecule has 0 aromatic rings. The van der Waals surface area contributed by atoms with Gasteiger partial charge in [-0.05, 0) is 24.3 Å². The van der Waals surface area contributed by atoms with E-state index in [1.54, 1.807) is 0 Å². The van der Waals surface area contributed by atoms with E-state index >= 15 is 0 Å². The Morgan fingerprint density at radius 1 is 1.00 bits per heavy atom. The molecule has 1 N–H and O–H groups in total. The van der Waals surface area contributed by atoms with Gasteiger partial charge in [-0.1, -0.05) is 0 Å². The van der Waals surface area contributed by atoms with Gasteiger partial charge in [0.2, 0.25) is 0 Å². The molecule has 15 heavy (non-hydrogen) atoms. The molecule has 0 unspecified atom stereocenters. The molecule has 0 amide bonds. The average molecular weight is 222 g/mol. The summed E-state index contributed by atoms with van der Waals surface area (Å²) in [6, 6.07) is 0. The van der Waals surface area contributed by atoms with Crippen LogP contribution in [-0.2, 0) is 14.4 Å². The van der Waals surface area contributed by atoms with Crippen LogP contribution in [0.15, 0.2) is 24.3 Å². The second kappa shape index (κ2) is 5.08. The Labute approximate surface area is 81.7 Å². The van der Waals surface area contributed by atoms with E-state index in [1.807, 2.05) is 0 Å². The summed E-state index contributed by atoms with van der Waals surface area (Å²) in [5, 5.41) is 7.12. The molecule has 0 heterocycles. The van der Waals surface area contributed by atoms with Gasteiger partial charge in [0.05, 0.1) is 0 Å². The SMILES string of the molecule is O=C(O)C(F)(F)F.O=C1C=CC(=O)C=C1. The number of rotatable bonds is 0. The van der Waals surface area contributed by atoms with Crippen molar-refractivity contribution in [3.63, 3.8) is 0 Å². The van der Waals surface area contributed by atoms with Crippen LogP contribution in [0, 0.1) is 0 Å². The van der Waals surface area contributed by atoms with Gasteiger partial charge in [0.1, 0.15) is 0 Å². The molecule has 0 aromatic heterocycles. The van der Waals surface area contributed by atoms with Crippen molar-refractivity contribution in [1.82, 2.24) is 0 Å². The van der Waals surface area contributed by atoms with Gasteiger partial charge in [0.25, 0.3) is 0 Å². The minimum Gasteiger partial charge on any atom is -0.475 e. The van der Waals surface area contributed by atoms with Crippen LogP contribution in [0.2, 0.25) is 0 Å². The van der Waals surface area contributed by atoms with Crippen LogP contribution in [0.4, 0.5) is 13.2 Å². The molecule has 0 radical (unpaired) electrons. The molecule has 0 atom stereocenters. The molecule has 0 saturated heterocycles. The van der Waals surface area contributed by atoms with E-state index in [9.17, 15) is 22.8 Å². The number of alkyl halides is 3. The number of aliphatic carboxylic acids is 1. The number of carboxylic acid groups (broad SMARTS) is 1. The summed E-state index contributed by atoms with van der Waals surface area (Å²) >= 11 is 0. The normalized spacial score (nSPS) is 14.6. The highest BCUT2D eigenvalue weighted by atomic mass is 19.4. The van der Waals surface area contributed by atoms with Crippen molar-refractivity contribution in [2.24, 2.45) is 0 Å². The van der Waals surface area contributed by atoms with Gasteiger partial charge >= 0.3 is 12.1 Å². The maximum atomic E-state index is 10.6. The van der Waals surface area contributed by atoms with E-state index in [0.29, 0.717) is 0 Å². The molecule has 1 aliphatic carbocycles. The van der Waals surface area contributed by atoms with Gasteiger partial charge < -0.3 is 5.11 Å². The van der Waals surface area contributed by atoms with Crippen LogP contribution in [0.5, 0.6) is 0 Å². The monoisotopic (exact) mass is 222 g/mol. The summed E-state index contributed by atoms with van der Waals surface area (Å²) in [6.07, 6.45) is -0.0741. The number of hydrogen-bond donors (Lipinski definition) is 1. The third-order valence-corrected chi connectivity index (χ3v) is 1.07. The van der Waals surface area contributed by atoms with Crippen LogP contribution in [-0.4, -0.2) is 28.8 Å². The van der Waals surface area contributed by atoms with Crippen LogP contribution < -0.4 is 0 Å². The van der Waals surface area contributed by atoms with Crippen molar-refractivity contribution in [2.45, 2.75) is 6.18 Å². The molecule has 0 aromatic carbocycles. The quantitative estimate of drug-likeness (QED) is 0.617. The van der Waals surface area contributed by atoms with Crippen LogP contribution >= 0.6 is 0 Å². The first-order valence-corrected chi connectivity index (χ1v) is 3.47. The molecule has 7 heteroatoms. The first-order chi connectivity index (χ1) is 6.73. The Morgan fingerprint density at radius 2 is 1.20 bits per heavy atom. The molecule has 4 nitrogen and oxygen atoms in total. The second-order valence-electron chi connectivity index (χ2n) is 2.27. The minimum absolute atomic E-state index is 0.121. The Balaban J connectivity index is 0.000000265. The van der Waals surface area contributed by atoms with Crippen LogP contribution in [0.1, 0.15) is 0 Å². The fraction of sp³-hybridized carbons (Fsp3) is 0.125. The average Bonchev–Trinajstić information content (AvgIpc) is 2.09. The first-order valence-electron chi connectivity index (χ1n) is 3.47. The van der Waals surface area contributed by atoms with Crippen LogP contribution in [0.3, 0.4) is 0 Å². The molecule has 1 rings (SSSR count). The van der Waals surface area contributed by atoms with E-state index in [-0.39, 0.29) is 11.6 Å². The lowest BCUT2D eigenvalue weighted by Gasteiger charge is -1.93. The molecule has 0 bridgehead atoms. The summed E-state index contributed by atoms with van der Waals surface area (Å²) in [4.78, 5) is 29.5. The van der Waals surface area contributed by atoms with E-state index in [2.05, 4.69) is 0 Å². The lowest BCUT2D eigenvalue weighted by molar-refractivity contribution is -0.192. The van der Waals surface area contributed by atoms with Gasteiger partial charge in [-0.15, -0.1) is 0 Å². The van der Waals surface area contributed by atoms with Crippen molar-refractivity contribution in [1.29, 1.82) is 0 Å². The van der Waals surface area contributed by atoms with Crippen LogP contribution in [0.25, 0.3) is 0 Å². The number of hydrogen-bond acceptors (Lipinski definition) is 3. The lowest BCUT2D eigenvalue weighted by atomic mass is 10.2. The Hall–Kier alpha value is -1.92. The highest BCUT2D eigenvalue weighted by molar-refractivity contribution is 6.14. The van der Waals surface area contributed by atoms with Gasteiger partial charge in [-0.3, -0.25) is 9.59 Å². The van der Waals surface area contributed by atoms with E-state index in [0.717, 1.165) is 0 Å². The second-order valence-corrected chi connectivity index (χ2v) is 2.27. The highest BCUT2D eigenvalue weighted by Gasteiger charge is 2.38. The molecular formula is C8H5F3O4. The third-order valence-electron chi connectivity index (χ3n) is 1.07. The zero-order valence-corrected chi connectivity index (χ0v) is 7.12. The number of carbonyl (C=O) groups excluding carboxylic acids is 2. The first kappa shape index (κ1) is 13.1. The molecule has 0 saturated carbocycles. The summed E-state index contributed by atoms with van der Waals surface area (Å²) in [5.74, 6) is -3.00. The fourth-order valence-electron chi connectivity index (χ4n) is 0.440. The van der Waals surface area contributed by atoms with Gasteiger partial charge in [0.15, 0.2) is 11.6 Å². The number of allylic oxidation sites excluding steroid dienone is 4. The molecule has 0 fully saturated rings. The molecule has 0 spiro atoms. The Bertz CT molecular complexity index is 300. The fourth-order valence-corrected chi connectivity index (χ4v) is 0.440. The number of halogens is 3. The van der Waals surface area contributed by atoms with E-state index in [4.69, 9.17) is 9.90 Å². The standard InChI is InChI=1S/C6H4O2.C2HF3O2/c7-5-1-2-6(8)4-3-5;3-2(4,5)1(6)7/h1-4H;(H,6,7). The van der Waals surface area contributed by atoms with Gasteiger partial charge in [0, 0.05) is 0 Å². The van der Waals surface area contributed by atoms with Gasteiger partial charge in [-0.2, -0.15) is 13.2 Å². The predicted octanol–water partition coefficient (Wildman–Crippen LogP) is 0.884. The Morgan fingerprint density at radius 3 is 1.33 bits per heavy atom. The summed E-state index contributed by atoms with van der Waals surface area (Å²) in [5.41, 5.74) is 0. The summed E-state index contributed by atoms with van der Waals surface area (Å²) < 4.78 is 31.7. The van der Waals surface area contributed by atoms with E-state index in [1.165, 1.54) is 24.3 Å². The third kappa shape index (κ3) is 6.19. The number of carbonyl (C=O) groups is 3. The lowest BCUT2D eigenvalue weighted by Crippen LogP contribution is -2.21. The zero-order chi connectivity index (χ0) is 12.1. The smallest absolute Gasteiger partial charge is 0.475 e. The summed E-state index contributed by atoms with van der Waals surface area (Å²) in [6.45, 7) is 0. The molecule has 82 valence electrons. The van der Waals surface area contributed by atoms with Crippen molar-refractivity contribution >= 4 is 17.5 Å².